The van der Waals surface area contributed by atoms with Crippen molar-refractivity contribution >= 4 is 11.6 Å². The Morgan fingerprint density at radius 1 is 0.805 bits per heavy atom. The predicted octanol–water partition coefficient (Wildman–Crippen LogP) is 5.26. The Morgan fingerprint density at radius 2 is 1.41 bits per heavy atom. The maximum atomic E-state index is 12.8. The number of benzene rings is 4. The molecule has 1 atom stereocenters. The standard InChI is InChI=1S/C31H30N6O4/c1-37(20-30(38)32-24-12-14-28(15-13-24)41-27-10-6-3-7-11-27)29(31-33-35-36-34-31)22-40-26-18-16-25(17-19-26)39-21-23-8-4-2-5-9-23/h2-19,29H,20-22H2,1H3,(H,32,38)(H,33,34,35,36). The maximum absolute atomic E-state index is 12.8. The lowest BCUT2D eigenvalue weighted by Crippen LogP contribution is -2.36. The van der Waals surface area contributed by atoms with Crippen LogP contribution in [0.2, 0.25) is 0 Å². The Labute approximate surface area is 237 Å². The van der Waals surface area contributed by atoms with E-state index >= 15 is 0 Å². The van der Waals surface area contributed by atoms with Crippen LogP contribution < -0.4 is 19.5 Å². The smallest absolute Gasteiger partial charge is 0.238 e. The van der Waals surface area contributed by atoms with Crippen molar-refractivity contribution in [2.45, 2.75) is 12.6 Å². The normalized spacial score (nSPS) is 11.6. The number of ether oxygens (including phenoxy) is 3. The summed E-state index contributed by atoms with van der Waals surface area (Å²) in [6.07, 6.45) is 0. The van der Waals surface area contributed by atoms with Crippen molar-refractivity contribution in [3.63, 3.8) is 0 Å². The van der Waals surface area contributed by atoms with Gasteiger partial charge >= 0.3 is 0 Å². The van der Waals surface area contributed by atoms with Gasteiger partial charge in [0.2, 0.25) is 5.91 Å². The number of amides is 1. The molecule has 4 aromatic carbocycles. The van der Waals surface area contributed by atoms with Crippen LogP contribution in [0.25, 0.3) is 0 Å². The fraction of sp³-hybridized carbons (Fsp3) is 0.161. The van der Waals surface area contributed by atoms with E-state index in [0.29, 0.717) is 29.6 Å². The molecular formula is C31H30N6O4. The SMILES string of the molecule is CN(CC(=O)Nc1ccc(Oc2ccccc2)cc1)C(COc1ccc(OCc2ccccc2)cc1)c1nn[nH]n1. The van der Waals surface area contributed by atoms with E-state index in [2.05, 4.69) is 25.9 Å². The van der Waals surface area contributed by atoms with Crippen molar-refractivity contribution in [2.75, 3.05) is 25.5 Å². The molecule has 5 aromatic rings. The number of aromatic nitrogens is 4. The summed E-state index contributed by atoms with van der Waals surface area (Å²) in [5.74, 6) is 3.04. The first kappa shape index (κ1) is 27.4. The molecule has 0 aliphatic heterocycles. The predicted molar refractivity (Wildman–Crippen MR) is 154 cm³/mol. The molecule has 0 saturated carbocycles. The van der Waals surface area contributed by atoms with Crippen molar-refractivity contribution in [1.29, 1.82) is 0 Å². The summed E-state index contributed by atoms with van der Waals surface area (Å²) in [6, 6.07) is 33.7. The number of hydrogen-bond donors (Lipinski definition) is 2. The minimum atomic E-state index is -0.421. The van der Waals surface area contributed by atoms with Gasteiger partial charge in [0.15, 0.2) is 5.82 Å². The molecule has 0 saturated heterocycles. The van der Waals surface area contributed by atoms with E-state index in [9.17, 15) is 4.79 Å². The van der Waals surface area contributed by atoms with E-state index in [1.807, 2.05) is 89.8 Å². The summed E-state index contributed by atoms with van der Waals surface area (Å²) in [5, 5.41) is 17.3. The molecule has 41 heavy (non-hydrogen) atoms. The van der Waals surface area contributed by atoms with E-state index in [4.69, 9.17) is 14.2 Å². The van der Waals surface area contributed by atoms with Crippen molar-refractivity contribution in [3.8, 4) is 23.0 Å². The Morgan fingerprint density at radius 3 is 2.07 bits per heavy atom. The number of carbonyl (C=O) groups is 1. The number of nitrogens with zero attached hydrogens (tertiary/aromatic N) is 4. The molecule has 5 rings (SSSR count). The third-order valence-electron chi connectivity index (χ3n) is 6.18. The molecule has 2 N–H and O–H groups in total. The number of para-hydroxylation sites is 1. The minimum Gasteiger partial charge on any atom is -0.491 e. The monoisotopic (exact) mass is 550 g/mol. The third-order valence-corrected chi connectivity index (χ3v) is 6.18. The maximum Gasteiger partial charge on any atom is 0.238 e. The zero-order valence-corrected chi connectivity index (χ0v) is 22.5. The summed E-state index contributed by atoms with van der Waals surface area (Å²) in [7, 11) is 1.81. The molecule has 0 fully saturated rings. The molecule has 1 unspecified atom stereocenters. The molecule has 0 bridgehead atoms. The van der Waals surface area contributed by atoms with Crippen LogP contribution in [0.1, 0.15) is 17.4 Å². The van der Waals surface area contributed by atoms with Gasteiger partial charge in [-0.2, -0.15) is 5.21 Å². The summed E-state index contributed by atoms with van der Waals surface area (Å²) in [6.45, 7) is 0.773. The first-order chi connectivity index (χ1) is 20.1. The van der Waals surface area contributed by atoms with Crippen molar-refractivity contribution < 1.29 is 19.0 Å². The van der Waals surface area contributed by atoms with Gasteiger partial charge in [0, 0.05) is 5.69 Å². The zero-order valence-electron chi connectivity index (χ0n) is 22.5. The highest BCUT2D eigenvalue weighted by Crippen LogP contribution is 2.24. The number of hydrogen-bond acceptors (Lipinski definition) is 8. The molecule has 0 aliphatic carbocycles. The van der Waals surface area contributed by atoms with Crippen LogP contribution in [0.15, 0.2) is 109 Å². The van der Waals surface area contributed by atoms with Gasteiger partial charge in [0.1, 0.15) is 42.3 Å². The number of likely N-dealkylation sites (N-methyl/N-ethyl adjacent to an activating group) is 1. The lowest BCUT2D eigenvalue weighted by Gasteiger charge is -2.25. The van der Waals surface area contributed by atoms with Crippen LogP contribution >= 0.6 is 0 Å². The second-order valence-electron chi connectivity index (χ2n) is 9.25. The van der Waals surface area contributed by atoms with Crippen LogP contribution in [-0.4, -0.2) is 51.6 Å². The molecule has 1 aromatic heterocycles. The van der Waals surface area contributed by atoms with E-state index < -0.39 is 6.04 Å². The number of H-pyrrole nitrogens is 1. The zero-order chi connectivity index (χ0) is 28.3. The fourth-order valence-electron chi connectivity index (χ4n) is 4.03. The van der Waals surface area contributed by atoms with Gasteiger partial charge in [-0.05, 0) is 73.3 Å². The molecule has 10 heteroatoms. The summed E-state index contributed by atoms with van der Waals surface area (Å²) in [4.78, 5) is 14.7. The quantitative estimate of drug-likeness (QED) is 0.204. The van der Waals surface area contributed by atoms with Gasteiger partial charge in [-0.15, -0.1) is 10.2 Å². The number of carbonyl (C=O) groups excluding carboxylic acids is 1. The van der Waals surface area contributed by atoms with Crippen LogP contribution in [-0.2, 0) is 11.4 Å². The summed E-state index contributed by atoms with van der Waals surface area (Å²) in [5.41, 5.74) is 1.75. The van der Waals surface area contributed by atoms with Crippen LogP contribution in [0.3, 0.4) is 0 Å². The van der Waals surface area contributed by atoms with Crippen LogP contribution in [0.5, 0.6) is 23.0 Å². The largest absolute Gasteiger partial charge is 0.491 e. The number of aromatic amines is 1. The highest BCUT2D eigenvalue weighted by molar-refractivity contribution is 5.92. The molecule has 1 amide bonds. The first-order valence-corrected chi connectivity index (χ1v) is 13.1. The average molecular weight is 551 g/mol. The lowest BCUT2D eigenvalue weighted by molar-refractivity contribution is -0.117. The second kappa shape index (κ2) is 13.7. The molecule has 0 radical (unpaired) electrons. The van der Waals surface area contributed by atoms with E-state index in [1.165, 1.54) is 0 Å². The first-order valence-electron chi connectivity index (χ1n) is 13.1. The topological polar surface area (TPSA) is 114 Å². The summed E-state index contributed by atoms with van der Waals surface area (Å²) < 4.78 is 17.7. The Hall–Kier alpha value is -5.22. The number of nitrogens with one attached hydrogen (secondary N) is 2. The van der Waals surface area contributed by atoms with Gasteiger partial charge in [-0.3, -0.25) is 9.69 Å². The molecule has 0 aliphatic rings. The van der Waals surface area contributed by atoms with Gasteiger partial charge in [-0.25, -0.2) is 0 Å². The van der Waals surface area contributed by atoms with E-state index in [0.717, 1.165) is 17.1 Å². The van der Waals surface area contributed by atoms with Gasteiger partial charge in [0.05, 0.1) is 6.54 Å². The minimum absolute atomic E-state index is 0.0805. The Balaban J connectivity index is 1.13. The highest BCUT2D eigenvalue weighted by atomic mass is 16.5. The van der Waals surface area contributed by atoms with Crippen molar-refractivity contribution in [1.82, 2.24) is 25.5 Å². The second-order valence-corrected chi connectivity index (χ2v) is 9.25. The number of tetrazole rings is 1. The number of anilines is 1. The van der Waals surface area contributed by atoms with E-state index in [-0.39, 0.29) is 19.1 Å². The van der Waals surface area contributed by atoms with Crippen LogP contribution in [0.4, 0.5) is 5.69 Å². The van der Waals surface area contributed by atoms with Gasteiger partial charge in [0.25, 0.3) is 0 Å². The summed E-state index contributed by atoms with van der Waals surface area (Å²) >= 11 is 0. The highest BCUT2D eigenvalue weighted by Gasteiger charge is 2.24. The molecule has 10 nitrogen and oxygen atoms in total. The number of rotatable bonds is 13. The third kappa shape index (κ3) is 8.13. The molecule has 0 spiro atoms. The van der Waals surface area contributed by atoms with Crippen molar-refractivity contribution in [2.24, 2.45) is 0 Å². The van der Waals surface area contributed by atoms with Gasteiger partial charge < -0.3 is 19.5 Å². The van der Waals surface area contributed by atoms with E-state index in [1.54, 1.807) is 31.3 Å². The molecule has 208 valence electrons. The van der Waals surface area contributed by atoms with Crippen LogP contribution in [0, 0.1) is 0 Å². The van der Waals surface area contributed by atoms with Crippen molar-refractivity contribution in [3.05, 3.63) is 121 Å². The Bertz CT molecular complexity index is 1480. The Kier molecular flexibility index (Phi) is 9.15. The lowest BCUT2D eigenvalue weighted by atomic mass is 10.2. The fourth-order valence-corrected chi connectivity index (χ4v) is 4.03. The average Bonchev–Trinajstić information content (AvgIpc) is 3.54. The molecular weight excluding hydrogens is 520 g/mol. The van der Waals surface area contributed by atoms with Gasteiger partial charge in [-0.1, -0.05) is 53.7 Å². The molecule has 1 heterocycles.